The van der Waals surface area contributed by atoms with Crippen LogP contribution in [0.15, 0.2) is 60.7 Å². The first-order chi connectivity index (χ1) is 10.3. The van der Waals surface area contributed by atoms with E-state index in [-0.39, 0.29) is 0 Å². The first kappa shape index (κ1) is 13.0. The van der Waals surface area contributed by atoms with E-state index < -0.39 is 0 Å². The van der Waals surface area contributed by atoms with Crippen molar-refractivity contribution in [1.82, 2.24) is 9.97 Å². The van der Waals surface area contributed by atoms with E-state index in [4.69, 9.17) is 5.26 Å². The standard InChI is InChI=1S/C18H13N3/c1-13-10-17(15-7-3-2-4-8-15)21-18(20-13)16-9-5-6-14(11-16)12-19/h2-11H,1H3. The average molecular weight is 271 g/mol. The summed E-state index contributed by atoms with van der Waals surface area (Å²) in [6.45, 7) is 1.95. The molecule has 0 unspecified atom stereocenters. The second-order valence-corrected chi connectivity index (χ2v) is 4.78. The van der Waals surface area contributed by atoms with Gasteiger partial charge in [0.05, 0.1) is 17.3 Å². The molecule has 1 aromatic heterocycles. The average Bonchev–Trinajstić information content (AvgIpc) is 2.55. The van der Waals surface area contributed by atoms with Crippen molar-refractivity contribution in [3.8, 4) is 28.7 Å². The summed E-state index contributed by atoms with van der Waals surface area (Å²) in [4.78, 5) is 9.11. The minimum Gasteiger partial charge on any atom is -0.233 e. The van der Waals surface area contributed by atoms with Gasteiger partial charge in [0.15, 0.2) is 5.82 Å². The number of nitrogens with zero attached hydrogens (tertiary/aromatic N) is 3. The zero-order valence-electron chi connectivity index (χ0n) is 11.6. The minimum absolute atomic E-state index is 0.610. The summed E-state index contributed by atoms with van der Waals surface area (Å²) in [5.41, 5.74) is 4.32. The molecule has 0 bridgehead atoms. The lowest BCUT2D eigenvalue weighted by atomic mass is 10.1. The second-order valence-electron chi connectivity index (χ2n) is 4.78. The van der Waals surface area contributed by atoms with Crippen LogP contribution in [0.2, 0.25) is 0 Å². The summed E-state index contributed by atoms with van der Waals surface area (Å²) in [5.74, 6) is 0.644. The van der Waals surface area contributed by atoms with Crippen LogP contribution < -0.4 is 0 Å². The Balaban J connectivity index is 2.12. The van der Waals surface area contributed by atoms with Crippen molar-refractivity contribution in [3.05, 3.63) is 71.9 Å². The van der Waals surface area contributed by atoms with Crippen molar-refractivity contribution in [2.75, 3.05) is 0 Å². The van der Waals surface area contributed by atoms with Gasteiger partial charge in [-0.1, -0.05) is 42.5 Å². The number of hydrogen-bond acceptors (Lipinski definition) is 3. The molecule has 0 saturated heterocycles. The molecular weight excluding hydrogens is 258 g/mol. The van der Waals surface area contributed by atoms with Gasteiger partial charge in [-0.15, -0.1) is 0 Å². The number of aromatic nitrogens is 2. The van der Waals surface area contributed by atoms with E-state index in [2.05, 4.69) is 16.0 Å². The molecule has 0 atom stereocenters. The molecule has 21 heavy (non-hydrogen) atoms. The Morgan fingerprint density at radius 1 is 0.857 bits per heavy atom. The number of benzene rings is 2. The van der Waals surface area contributed by atoms with Crippen molar-refractivity contribution in [2.45, 2.75) is 6.92 Å². The molecule has 0 saturated carbocycles. The molecule has 0 aliphatic rings. The van der Waals surface area contributed by atoms with Crippen molar-refractivity contribution in [3.63, 3.8) is 0 Å². The van der Waals surface area contributed by atoms with Crippen LogP contribution in [0.1, 0.15) is 11.3 Å². The zero-order valence-corrected chi connectivity index (χ0v) is 11.6. The van der Waals surface area contributed by atoms with Gasteiger partial charge in [-0.3, -0.25) is 0 Å². The fraction of sp³-hybridized carbons (Fsp3) is 0.0556. The number of nitriles is 1. The molecular formula is C18H13N3. The van der Waals surface area contributed by atoms with Crippen LogP contribution in [-0.4, -0.2) is 9.97 Å². The molecule has 0 aliphatic carbocycles. The van der Waals surface area contributed by atoms with Gasteiger partial charge in [-0.05, 0) is 25.1 Å². The van der Waals surface area contributed by atoms with Crippen LogP contribution >= 0.6 is 0 Å². The summed E-state index contributed by atoms with van der Waals surface area (Å²) >= 11 is 0. The second kappa shape index (κ2) is 5.56. The van der Waals surface area contributed by atoms with E-state index in [1.807, 2.05) is 61.5 Å². The van der Waals surface area contributed by atoms with Crippen LogP contribution in [0.25, 0.3) is 22.6 Å². The predicted molar refractivity (Wildman–Crippen MR) is 82.4 cm³/mol. The highest BCUT2D eigenvalue weighted by Gasteiger charge is 2.07. The summed E-state index contributed by atoms with van der Waals surface area (Å²) in [5, 5.41) is 9.01. The summed E-state index contributed by atoms with van der Waals surface area (Å²) in [6, 6.07) is 21.5. The highest BCUT2D eigenvalue weighted by Crippen LogP contribution is 2.22. The van der Waals surface area contributed by atoms with Crippen LogP contribution in [-0.2, 0) is 0 Å². The third-order valence-electron chi connectivity index (χ3n) is 3.17. The fourth-order valence-corrected chi connectivity index (χ4v) is 2.18. The van der Waals surface area contributed by atoms with Gasteiger partial charge >= 0.3 is 0 Å². The molecule has 3 rings (SSSR count). The fourth-order valence-electron chi connectivity index (χ4n) is 2.18. The van der Waals surface area contributed by atoms with E-state index in [0.717, 1.165) is 22.5 Å². The number of hydrogen-bond donors (Lipinski definition) is 0. The predicted octanol–water partition coefficient (Wildman–Crippen LogP) is 3.99. The van der Waals surface area contributed by atoms with Gasteiger partial charge in [-0.2, -0.15) is 5.26 Å². The van der Waals surface area contributed by atoms with Crippen LogP contribution in [0.5, 0.6) is 0 Å². The van der Waals surface area contributed by atoms with Crippen LogP contribution in [0.4, 0.5) is 0 Å². The topological polar surface area (TPSA) is 49.6 Å². The Labute approximate surface area is 123 Å². The Morgan fingerprint density at radius 3 is 2.38 bits per heavy atom. The summed E-state index contributed by atoms with van der Waals surface area (Å²) < 4.78 is 0. The maximum absolute atomic E-state index is 9.01. The molecule has 3 nitrogen and oxygen atoms in total. The smallest absolute Gasteiger partial charge is 0.160 e. The van der Waals surface area contributed by atoms with Gasteiger partial charge in [0.1, 0.15) is 0 Å². The number of rotatable bonds is 2. The molecule has 0 fully saturated rings. The van der Waals surface area contributed by atoms with Gasteiger partial charge in [0.2, 0.25) is 0 Å². The SMILES string of the molecule is Cc1cc(-c2ccccc2)nc(-c2cccc(C#N)c2)n1. The van der Waals surface area contributed by atoms with E-state index in [9.17, 15) is 0 Å². The van der Waals surface area contributed by atoms with Gasteiger partial charge in [0.25, 0.3) is 0 Å². The van der Waals surface area contributed by atoms with E-state index in [1.165, 1.54) is 0 Å². The third-order valence-corrected chi connectivity index (χ3v) is 3.17. The maximum atomic E-state index is 9.01. The third kappa shape index (κ3) is 2.80. The van der Waals surface area contributed by atoms with E-state index in [1.54, 1.807) is 6.07 Å². The van der Waals surface area contributed by atoms with Crippen molar-refractivity contribution in [2.24, 2.45) is 0 Å². The lowest BCUT2D eigenvalue weighted by molar-refractivity contribution is 1.11. The quantitative estimate of drug-likeness (QED) is 0.708. The molecule has 3 heteroatoms. The van der Waals surface area contributed by atoms with Crippen molar-refractivity contribution >= 4 is 0 Å². The molecule has 0 amide bonds. The van der Waals surface area contributed by atoms with E-state index >= 15 is 0 Å². The van der Waals surface area contributed by atoms with Crippen LogP contribution in [0.3, 0.4) is 0 Å². The van der Waals surface area contributed by atoms with Gasteiger partial charge < -0.3 is 0 Å². The molecule has 1 heterocycles. The minimum atomic E-state index is 0.610. The molecule has 100 valence electrons. The van der Waals surface area contributed by atoms with E-state index in [0.29, 0.717) is 11.4 Å². The molecule has 0 aliphatic heterocycles. The first-order valence-electron chi connectivity index (χ1n) is 6.68. The summed E-state index contributed by atoms with van der Waals surface area (Å²) in [7, 11) is 0. The normalized spacial score (nSPS) is 10.1. The maximum Gasteiger partial charge on any atom is 0.160 e. The first-order valence-corrected chi connectivity index (χ1v) is 6.68. The lowest BCUT2D eigenvalue weighted by Crippen LogP contribution is -1.95. The Morgan fingerprint density at radius 2 is 1.62 bits per heavy atom. The highest BCUT2D eigenvalue weighted by atomic mass is 14.9. The molecule has 0 radical (unpaired) electrons. The van der Waals surface area contributed by atoms with Gasteiger partial charge in [-0.25, -0.2) is 9.97 Å². The Hall–Kier alpha value is -2.99. The Kier molecular flexibility index (Phi) is 3.44. The van der Waals surface area contributed by atoms with Crippen molar-refractivity contribution in [1.29, 1.82) is 5.26 Å². The largest absolute Gasteiger partial charge is 0.233 e. The lowest BCUT2D eigenvalue weighted by Gasteiger charge is -2.06. The zero-order chi connectivity index (χ0) is 14.7. The summed E-state index contributed by atoms with van der Waals surface area (Å²) in [6.07, 6.45) is 0. The van der Waals surface area contributed by atoms with Gasteiger partial charge in [0, 0.05) is 16.8 Å². The Bertz CT molecular complexity index is 817. The number of aryl methyl sites for hydroxylation is 1. The monoisotopic (exact) mass is 271 g/mol. The molecule has 0 spiro atoms. The molecule has 0 N–H and O–H groups in total. The highest BCUT2D eigenvalue weighted by molar-refractivity contribution is 5.65. The van der Waals surface area contributed by atoms with Crippen LogP contribution in [0, 0.1) is 18.3 Å². The van der Waals surface area contributed by atoms with Crippen molar-refractivity contribution < 1.29 is 0 Å². The molecule has 3 aromatic rings. The molecule has 2 aromatic carbocycles.